The highest BCUT2D eigenvalue weighted by Crippen LogP contribution is 2.49. The van der Waals surface area contributed by atoms with Crippen LogP contribution in [0.4, 0.5) is 4.39 Å². The average Bonchev–Trinajstić information content (AvgIpc) is 3.23. The summed E-state index contributed by atoms with van der Waals surface area (Å²) in [6.45, 7) is 0.583. The Kier molecular flexibility index (Phi) is 4.32. The molecule has 0 radical (unpaired) electrons. The van der Waals surface area contributed by atoms with E-state index in [0.717, 1.165) is 18.4 Å². The summed E-state index contributed by atoms with van der Waals surface area (Å²) in [5.74, 6) is 0.374. The molecule has 19 heavy (non-hydrogen) atoms. The van der Waals surface area contributed by atoms with Gasteiger partial charge in [0.2, 0.25) is 0 Å². The highest BCUT2D eigenvalue weighted by Gasteiger charge is 2.45. The molecule has 0 saturated heterocycles. The van der Waals surface area contributed by atoms with Gasteiger partial charge in [-0.25, -0.2) is 4.39 Å². The van der Waals surface area contributed by atoms with E-state index >= 15 is 0 Å². The number of nitrogens with zero attached hydrogens (tertiary/aromatic N) is 1. The third-order valence-electron chi connectivity index (χ3n) is 3.78. The largest absolute Gasteiger partial charge is 0.370 e. The maximum atomic E-state index is 13.8. The fourth-order valence-corrected chi connectivity index (χ4v) is 2.27. The minimum atomic E-state index is -0.126. The summed E-state index contributed by atoms with van der Waals surface area (Å²) in [7, 11) is 0. The van der Waals surface area contributed by atoms with E-state index in [1.807, 2.05) is 12.1 Å². The smallest absolute Gasteiger partial charge is 0.188 e. The fraction of sp³-hybridized carbons (Fsp3) is 0.500. The average molecular weight is 375 g/mol. The molecule has 0 aromatic heterocycles. The van der Waals surface area contributed by atoms with Crippen LogP contribution in [-0.2, 0) is 5.41 Å². The Labute approximate surface area is 129 Å². The van der Waals surface area contributed by atoms with Gasteiger partial charge < -0.3 is 11.1 Å². The number of hydrogen-bond acceptors (Lipinski definition) is 1. The van der Waals surface area contributed by atoms with E-state index in [-0.39, 0.29) is 35.2 Å². The molecule has 2 aliphatic carbocycles. The number of guanidine groups is 1. The number of rotatable bonds is 4. The first-order valence-corrected chi connectivity index (χ1v) is 6.51. The second kappa shape index (κ2) is 5.64. The number of aliphatic imine (C=N–C) groups is 1. The lowest BCUT2D eigenvalue weighted by Crippen LogP contribution is -2.34. The van der Waals surface area contributed by atoms with Gasteiger partial charge in [-0.1, -0.05) is 18.2 Å². The van der Waals surface area contributed by atoms with Crippen LogP contribution in [0.2, 0.25) is 0 Å². The van der Waals surface area contributed by atoms with Gasteiger partial charge in [0.25, 0.3) is 0 Å². The SMILES string of the molecule is I.NC(=NCC1(c2ccccc2F)CC1)NC1CC1. The van der Waals surface area contributed by atoms with Gasteiger partial charge in [0.1, 0.15) is 5.82 Å². The second-order valence-electron chi connectivity index (χ2n) is 5.38. The van der Waals surface area contributed by atoms with Gasteiger partial charge in [0, 0.05) is 11.5 Å². The molecule has 3 nitrogen and oxygen atoms in total. The Morgan fingerprint density at radius 2 is 2.05 bits per heavy atom. The van der Waals surface area contributed by atoms with Gasteiger partial charge in [-0.3, -0.25) is 4.99 Å². The van der Waals surface area contributed by atoms with Gasteiger partial charge in [-0.05, 0) is 37.3 Å². The van der Waals surface area contributed by atoms with Crippen LogP contribution in [0.15, 0.2) is 29.3 Å². The minimum Gasteiger partial charge on any atom is -0.370 e. The first-order chi connectivity index (χ1) is 8.70. The maximum absolute atomic E-state index is 13.8. The van der Waals surface area contributed by atoms with E-state index in [1.54, 1.807) is 6.07 Å². The van der Waals surface area contributed by atoms with Gasteiger partial charge in [0.05, 0.1) is 6.54 Å². The van der Waals surface area contributed by atoms with Crippen molar-refractivity contribution in [1.29, 1.82) is 0 Å². The number of halogens is 2. The number of benzene rings is 1. The van der Waals surface area contributed by atoms with Crippen LogP contribution >= 0.6 is 24.0 Å². The molecule has 0 spiro atoms. The molecule has 0 amide bonds. The third-order valence-corrected chi connectivity index (χ3v) is 3.78. The van der Waals surface area contributed by atoms with Crippen LogP contribution in [0.25, 0.3) is 0 Å². The zero-order valence-corrected chi connectivity index (χ0v) is 13.1. The normalized spacial score (nSPS) is 20.6. The molecule has 1 aromatic carbocycles. The number of hydrogen-bond donors (Lipinski definition) is 2. The van der Waals surface area contributed by atoms with Crippen LogP contribution in [0.3, 0.4) is 0 Å². The van der Waals surface area contributed by atoms with E-state index in [4.69, 9.17) is 5.73 Å². The molecule has 104 valence electrons. The van der Waals surface area contributed by atoms with E-state index in [0.29, 0.717) is 18.5 Å². The van der Waals surface area contributed by atoms with Crippen LogP contribution in [-0.4, -0.2) is 18.5 Å². The molecular weight excluding hydrogens is 356 g/mol. The highest BCUT2D eigenvalue weighted by molar-refractivity contribution is 14.0. The molecule has 0 aliphatic heterocycles. The van der Waals surface area contributed by atoms with Crippen molar-refractivity contribution in [3.63, 3.8) is 0 Å². The summed E-state index contributed by atoms with van der Waals surface area (Å²) in [5.41, 5.74) is 6.49. The first-order valence-electron chi connectivity index (χ1n) is 6.51. The molecule has 0 bridgehead atoms. The van der Waals surface area contributed by atoms with Crippen molar-refractivity contribution in [2.24, 2.45) is 10.7 Å². The highest BCUT2D eigenvalue weighted by atomic mass is 127. The molecular formula is C14H19FIN3. The quantitative estimate of drug-likeness (QED) is 0.483. The predicted octanol–water partition coefficient (Wildman–Crippen LogP) is 2.54. The summed E-state index contributed by atoms with van der Waals surface area (Å²) < 4.78 is 13.8. The zero-order chi connectivity index (χ0) is 12.6. The summed E-state index contributed by atoms with van der Waals surface area (Å²) in [6, 6.07) is 7.50. The third kappa shape index (κ3) is 3.38. The van der Waals surface area contributed by atoms with Gasteiger partial charge in [0.15, 0.2) is 5.96 Å². The van der Waals surface area contributed by atoms with E-state index in [9.17, 15) is 4.39 Å². The maximum Gasteiger partial charge on any atom is 0.188 e. The molecule has 0 heterocycles. The second-order valence-corrected chi connectivity index (χ2v) is 5.38. The summed E-state index contributed by atoms with van der Waals surface area (Å²) in [5, 5.41) is 3.15. The van der Waals surface area contributed by atoms with Crippen LogP contribution in [0.5, 0.6) is 0 Å². The van der Waals surface area contributed by atoms with E-state index in [1.165, 1.54) is 18.9 Å². The topological polar surface area (TPSA) is 50.4 Å². The van der Waals surface area contributed by atoms with Gasteiger partial charge in [-0.2, -0.15) is 0 Å². The monoisotopic (exact) mass is 375 g/mol. The van der Waals surface area contributed by atoms with Crippen molar-refractivity contribution >= 4 is 29.9 Å². The Balaban J connectivity index is 0.00000133. The molecule has 2 fully saturated rings. The Morgan fingerprint density at radius 3 is 2.63 bits per heavy atom. The van der Waals surface area contributed by atoms with Crippen LogP contribution in [0.1, 0.15) is 31.2 Å². The van der Waals surface area contributed by atoms with Crippen LogP contribution in [0, 0.1) is 5.82 Å². The fourth-order valence-electron chi connectivity index (χ4n) is 2.27. The Hall–Kier alpha value is -0.850. The minimum absolute atomic E-state index is 0. The Morgan fingerprint density at radius 1 is 1.37 bits per heavy atom. The zero-order valence-electron chi connectivity index (χ0n) is 10.7. The first kappa shape index (κ1) is 14.6. The summed E-state index contributed by atoms with van der Waals surface area (Å²) in [4.78, 5) is 4.37. The molecule has 2 saturated carbocycles. The molecule has 0 unspecified atom stereocenters. The predicted molar refractivity (Wildman–Crippen MR) is 85.4 cm³/mol. The van der Waals surface area contributed by atoms with Crippen LogP contribution < -0.4 is 11.1 Å². The standard InChI is InChI=1S/C14H18FN3.HI/c15-12-4-2-1-3-11(12)14(7-8-14)9-17-13(16)18-10-5-6-10;/h1-4,10H,5-9H2,(H3,16,17,18);1H. The lowest BCUT2D eigenvalue weighted by atomic mass is 9.95. The van der Waals surface area contributed by atoms with Gasteiger partial charge >= 0.3 is 0 Å². The van der Waals surface area contributed by atoms with Crippen molar-refractivity contribution in [2.75, 3.05) is 6.54 Å². The van der Waals surface area contributed by atoms with Crippen molar-refractivity contribution in [1.82, 2.24) is 5.32 Å². The summed E-state index contributed by atoms with van der Waals surface area (Å²) in [6.07, 6.45) is 4.34. The van der Waals surface area contributed by atoms with Crippen molar-refractivity contribution in [3.8, 4) is 0 Å². The molecule has 3 rings (SSSR count). The Bertz CT molecular complexity index is 481. The molecule has 2 aliphatic rings. The summed E-state index contributed by atoms with van der Waals surface area (Å²) >= 11 is 0. The van der Waals surface area contributed by atoms with E-state index < -0.39 is 0 Å². The van der Waals surface area contributed by atoms with Crippen molar-refractivity contribution < 1.29 is 4.39 Å². The molecule has 3 N–H and O–H groups in total. The molecule has 1 aromatic rings. The lowest BCUT2D eigenvalue weighted by molar-refractivity contribution is 0.573. The van der Waals surface area contributed by atoms with Crippen molar-refractivity contribution in [3.05, 3.63) is 35.6 Å². The molecule has 0 atom stereocenters. The number of nitrogens with one attached hydrogen (secondary N) is 1. The van der Waals surface area contributed by atoms with Crippen molar-refractivity contribution in [2.45, 2.75) is 37.1 Å². The van der Waals surface area contributed by atoms with E-state index in [2.05, 4.69) is 10.3 Å². The molecule has 5 heteroatoms. The lowest BCUT2D eigenvalue weighted by Gasteiger charge is -2.14. The number of nitrogens with two attached hydrogens (primary N) is 1. The van der Waals surface area contributed by atoms with Gasteiger partial charge in [-0.15, -0.1) is 24.0 Å².